The number of benzene rings is 1. The van der Waals surface area contributed by atoms with Crippen molar-refractivity contribution < 1.29 is 9.59 Å². The van der Waals surface area contributed by atoms with Crippen LogP contribution in [0.25, 0.3) is 0 Å². The molecule has 28 heavy (non-hydrogen) atoms. The van der Waals surface area contributed by atoms with Gasteiger partial charge in [0.2, 0.25) is 11.8 Å². The van der Waals surface area contributed by atoms with E-state index in [4.69, 9.17) is 0 Å². The van der Waals surface area contributed by atoms with Crippen LogP contribution in [0.5, 0.6) is 0 Å². The smallest absolute Gasteiger partial charge is 0.242 e. The van der Waals surface area contributed by atoms with E-state index in [1.807, 2.05) is 18.2 Å². The molecule has 0 bridgehead atoms. The fourth-order valence-corrected chi connectivity index (χ4v) is 3.86. The summed E-state index contributed by atoms with van der Waals surface area (Å²) in [5.74, 6) is -0.158. The van der Waals surface area contributed by atoms with Crippen LogP contribution in [-0.4, -0.2) is 60.9 Å². The Hall–Kier alpha value is -2.08. The Morgan fingerprint density at radius 2 is 1.75 bits per heavy atom. The normalized spacial score (nSPS) is 17.4. The van der Waals surface area contributed by atoms with Crippen LogP contribution >= 0.6 is 0 Å². The molecule has 2 fully saturated rings. The van der Waals surface area contributed by atoms with Crippen molar-refractivity contribution >= 4 is 17.5 Å². The van der Waals surface area contributed by atoms with Gasteiger partial charge in [0.1, 0.15) is 0 Å². The minimum Gasteiger partial charge on any atom is -0.376 e. The molecular weight excluding hydrogens is 352 g/mol. The van der Waals surface area contributed by atoms with E-state index < -0.39 is 0 Å². The van der Waals surface area contributed by atoms with Gasteiger partial charge in [-0.3, -0.25) is 14.5 Å². The molecule has 2 aliphatic carbocycles. The Morgan fingerprint density at radius 3 is 2.46 bits per heavy atom. The number of hydrogen-bond donors (Lipinski definition) is 2. The van der Waals surface area contributed by atoms with Crippen LogP contribution in [-0.2, 0) is 16.1 Å². The van der Waals surface area contributed by atoms with Gasteiger partial charge in [-0.25, -0.2) is 0 Å². The van der Waals surface area contributed by atoms with Gasteiger partial charge < -0.3 is 15.5 Å². The van der Waals surface area contributed by atoms with Gasteiger partial charge in [-0.2, -0.15) is 0 Å². The van der Waals surface area contributed by atoms with Crippen molar-refractivity contribution in [3.63, 3.8) is 0 Å². The lowest BCUT2D eigenvalue weighted by atomic mass is 9.94. The number of nitrogens with zero attached hydrogens (tertiary/aromatic N) is 2. The number of carbonyl (C=O) groups is 2. The molecule has 0 saturated heterocycles. The highest BCUT2D eigenvalue weighted by atomic mass is 16.2. The zero-order valence-electron chi connectivity index (χ0n) is 17.2. The highest BCUT2D eigenvalue weighted by molar-refractivity contribution is 5.87. The third-order valence-corrected chi connectivity index (χ3v) is 5.81. The molecule has 1 aromatic carbocycles. The fourth-order valence-electron chi connectivity index (χ4n) is 3.86. The summed E-state index contributed by atoms with van der Waals surface area (Å²) in [6.07, 6.45) is 8.66. The molecular formula is C22H34N4O2. The number of rotatable bonds is 9. The quantitative estimate of drug-likeness (QED) is 0.685. The zero-order chi connectivity index (χ0) is 19.9. The Morgan fingerprint density at radius 1 is 1.04 bits per heavy atom. The van der Waals surface area contributed by atoms with Crippen LogP contribution in [0.2, 0.25) is 0 Å². The summed E-state index contributed by atoms with van der Waals surface area (Å²) in [6, 6.07) is 9.16. The summed E-state index contributed by atoms with van der Waals surface area (Å²) in [5, 5.41) is 6.20. The molecule has 2 aliphatic rings. The Balaban J connectivity index is 1.49. The van der Waals surface area contributed by atoms with E-state index in [9.17, 15) is 9.59 Å². The van der Waals surface area contributed by atoms with Gasteiger partial charge in [-0.05, 0) is 44.4 Å². The summed E-state index contributed by atoms with van der Waals surface area (Å²) in [5.41, 5.74) is 2.20. The third kappa shape index (κ3) is 6.23. The molecule has 3 rings (SSSR count). The molecule has 0 heterocycles. The first-order chi connectivity index (χ1) is 13.5. The zero-order valence-corrected chi connectivity index (χ0v) is 17.2. The number of amides is 2. The lowest BCUT2D eigenvalue weighted by Gasteiger charge is -2.31. The molecule has 2 saturated carbocycles. The van der Waals surface area contributed by atoms with Gasteiger partial charge in [0.05, 0.1) is 13.1 Å². The molecule has 0 radical (unpaired) electrons. The number of nitrogens with one attached hydrogen (secondary N) is 2. The minimum absolute atomic E-state index is 0.0761. The SMILES string of the molecule is CN(CC(=O)NC1CC1)C(=O)CNc1ccccc1CN(C)C1CCCCC1. The van der Waals surface area contributed by atoms with E-state index in [1.54, 1.807) is 7.05 Å². The van der Waals surface area contributed by atoms with Gasteiger partial charge in [-0.15, -0.1) is 0 Å². The van der Waals surface area contributed by atoms with Gasteiger partial charge in [0, 0.05) is 31.4 Å². The van der Waals surface area contributed by atoms with E-state index in [0.29, 0.717) is 12.1 Å². The van der Waals surface area contributed by atoms with E-state index in [-0.39, 0.29) is 24.9 Å². The molecule has 6 nitrogen and oxygen atoms in total. The van der Waals surface area contributed by atoms with E-state index in [2.05, 4.69) is 28.6 Å². The van der Waals surface area contributed by atoms with Crippen LogP contribution in [0.3, 0.4) is 0 Å². The molecule has 2 amide bonds. The number of likely N-dealkylation sites (N-methyl/N-ethyl adjacent to an activating group) is 1. The van der Waals surface area contributed by atoms with Crippen molar-refractivity contribution in [2.75, 3.05) is 32.5 Å². The number of anilines is 1. The maximum atomic E-state index is 12.4. The van der Waals surface area contributed by atoms with Crippen LogP contribution in [0.1, 0.15) is 50.5 Å². The molecule has 2 N–H and O–H groups in total. The standard InChI is InChI=1S/C22H34N4O2/c1-25(19-9-4-3-5-10-19)15-17-8-6-7-11-20(17)23-14-22(28)26(2)16-21(27)24-18-12-13-18/h6-8,11,18-19,23H,3-5,9-10,12-16H2,1-2H3,(H,24,27). The maximum Gasteiger partial charge on any atom is 0.242 e. The van der Waals surface area contributed by atoms with Crippen molar-refractivity contribution in [2.45, 2.75) is 63.6 Å². The van der Waals surface area contributed by atoms with Gasteiger partial charge in [-0.1, -0.05) is 37.5 Å². The molecule has 1 aromatic rings. The Bertz CT molecular complexity index is 668. The number of hydrogen-bond acceptors (Lipinski definition) is 4. The van der Waals surface area contributed by atoms with Crippen molar-refractivity contribution in [1.29, 1.82) is 0 Å². The maximum absolute atomic E-state index is 12.4. The first-order valence-corrected chi connectivity index (χ1v) is 10.6. The first kappa shape index (κ1) is 20.6. The molecule has 6 heteroatoms. The van der Waals surface area contributed by atoms with Crippen molar-refractivity contribution in [3.8, 4) is 0 Å². The van der Waals surface area contributed by atoms with E-state index in [1.165, 1.54) is 42.6 Å². The number of para-hydroxylation sites is 1. The number of carbonyl (C=O) groups excluding carboxylic acids is 2. The summed E-state index contributed by atoms with van der Waals surface area (Å²) >= 11 is 0. The van der Waals surface area contributed by atoms with Gasteiger partial charge in [0.25, 0.3) is 0 Å². The lowest BCUT2D eigenvalue weighted by Crippen LogP contribution is -2.41. The fraction of sp³-hybridized carbons (Fsp3) is 0.636. The highest BCUT2D eigenvalue weighted by Crippen LogP contribution is 2.24. The Kier molecular flexibility index (Phi) is 7.31. The van der Waals surface area contributed by atoms with Crippen LogP contribution in [0.4, 0.5) is 5.69 Å². The average Bonchev–Trinajstić information content (AvgIpc) is 3.51. The van der Waals surface area contributed by atoms with Crippen LogP contribution in [0, 0.1) is 0 Å². The monoisotopic (exact) mass is 386 g/mol. The summed E-state index contributed by atoms with van der Waals surface area (Å²) in [7, 11) is 3.88. The topological polar surface area (TPSA) is 64.7 Å². The lowest BCUT2D eigenvalue weighted by molar-refractivity contribution is -0.133. The summed E-state index contributed by atoms with van der Waals surface area (Å²) in [4.78, 5) is 28.2. The predicted octanol–water partition coefficient (Wildman–Crippen LogP) is 2.60. The molecule has 0 aromatic heterocycles. The van der Waals surface area contributed by atoms with E-state index in [0.717, 1.165) is 25.1 Å². The first-order valence-electron chi connectivity index (χ1n) is 10.6. The predicted molar refractivity (Wildman–Crippen MR) is 112 cm³/mol. The Labute approximate surface area is 168 Å². The molecule has 154 valence electrons. The molecule has 0 aliphatic heterocycles. The van der Waals surface area contributed by atoms with Crippen LogP contribution in [0.15, 0.2) is 24.3 Å². The highest BCUT2D eigenvalue weighted by Gasteiger charge is 2.24. The van der Waals surface area contributed by atoms with Gasteiger partial charge >= 0.3 is 0 Å². The molecule has 0 spiro atoms. The largest absolute Gasteiger partial charge is 0.376 e. The van der Waals surface area contributed by atoms with Crippen molar-refractivity contribution in [1.82, 2.24) is 15.1 Å². The molecule has 0 atom stereocenters. The van der Waals surface area contributed by atoms with Gasteiger partial charge in [0.15, 0.2) is 0 Å². The molecule has 0 unspecified atom stereocenters. The van der Waals surface area contributed by atoms with Crippen LogP contribution < -0.4 is 10.6 Å². The van der Waals surface area contributed by atoms with E-state index >= 15 is 0 Å². The minimum atomic E-state index is -0.0821. The second-order valence-corrected chi connectivity index (χ2v) is 8.31. The second-order valence-electron chi connectivity index (χ2n) is 8.31. The second kappa shape index (κ2) is 9.92. The third-order valence-electron chi connectivity index (χ3n) is 5.81. The van der Waals surface area contributed by atoms with Crippen molar-refractivity contribution in [3.05, 3.63) is 29.8 Å². The summed E-state index contributed by atoms with van der Waals surface area (Å²) < 4.78 is 0. The average molecular weight is 387 g/mol. The summed E-state index contributed by atoms with van der Waals surface area (Å²) in [6.45, 7) is 1.18. The van der Waals surface area contributed by atoms with Crippen molar-refractivity contribution in [2.24, 2.45) is 0 Å².